The van der Waals surface area contributed by atoms with Crippen molar-refractivity contribution in [2.24, 2.45) is 0 Å². The van der Waals surface area contributed by atoms with E-state index < -0.39 is 0 Å². The second-order valence-corrected chi connectivity index (χ2v) is 6.35. The fourth-order valence-corrected chi connectivity index (χ4v) is 2.87. The third-order valence-corrected chi connectivity index (χ3v) is 4.16. The third kappa shape index (κ3) is 4.53. The quantitative estimate of drug-likeness (QED) is 0.689. The Hall–Kier alpha value is -2.50. The molecule has 1 unspecified atom stereocenters. The van der Waals surface area contributed by atoms with Crippen molar-refractivity contribution in [2.75, 3.05) is 18.9 Å². The lowest BCUT2D eigenvalue weighted by atomic mass is 10.1. The molecule has 0 aliphatic rings. The van der Waals surface area contributed by atoms with Gasteiger partial charge in [0, 0.05) is 16.6 Å². The molecular weight excluding hydrogens is 341 g/mol. The summed E-state index contributed by atoms with van der Waals surface area (Å²) in [6.45, 7) is 0.841. The first-order chi connectivity index (χ1) is 12.0. The zero-order valence-corrected chi connectivity index (χ0v) is 14.5. The average molecular weight is 359 g/mol. The number of quaternary nitrogens is 1. The lowest BCUT2D eigenvalue weighted by Crippen LogP contribution is -3.08. The van der Waals surface area contributed by atoms with Gasteiger partial charge >= 0.3 is 0 Å². The van der Waals surface area contributed by atoms with Crippen molar-refractivity contribution >= 4 is 34.1 Å². The van der Waals surface area contributed by atoms with Crippen molar-refractivity contribution < 1.29 is 14.1 Å². The van der Waals surface area contributed by atoms with E-state index in [1.807, 2.05) is 37.4 Å². The zero-order valence-electron chi connectivity index (χ0n) is 13.7. The third-order valence-electron chi connectivity index (χ3n) is 3.83. The Balaban J connectivity index is 1.63. The number of nitrogens with zero attached hydrogens (tertiary/aromatic N) is 1. The van der Waals surface area contributed by atoms with Gasteiger partial charge in [0.25, 0.3) is 5.91 Å². The first-order valence-corrected chi connectivity index (χ1v) is 8.30. The number of carbonyl (C=O) groups is 1. The van der Waals surface area contributed by atoms with Crippen LogP contribution in [0.3, 0.4) is 0 Å². The average Bonchev–Trinajstić information content (AvgIpc) is 2.57. The molecular formula is C19H18ClFN3O+. The van der Waals surface area contributed by atoms with E-state index in [9.17, 15) is 9.18 Å². The highest BCUT2D eigenvalue weighted by Crippen LogP contribution is 2.19. The Labute approximate surface area is 150 Å². The van der Waals surface area contributed by atoms with E-state index >= 15 is 0 Å². The number of nitrogens with one attached hydrogen (secondary N) is 2. The number of carbonyl (C=O) groups excluding carboxylic acids is 1. The van der Waals surface area contributed by atoms with Gasteiger partial charge in [0.2, 0.25) is 0 Å². The number of para-hydroxylation sites is 1. The molecule has 0 saturated carbocycles. The predicted molar refractivity (Wildman–Crippen MR) is 97.2 cm³/mol. The van der Waals surface area contributed by atoms with Crippen LogP contribution in [0, 0.1) is 5.82 Å². The summed E-state index contributed by atoms with van der Waals surface area (Å²) in [4.78, 5) is 17.5. The minimum atomic E-state index is -0.334. The van der Waals surface area contributed by atoms with Crippen molar-refractivity contribution in [2.45, 2.75) is 6.54 Å². The number of hydrogen-bond donors (Lipinski definition) is 2. The van der Waals surface area contributed by atoms with Gasteiger partial charge in [-0.2, -0.15) is 0 Å². The van der Waals surface area contributed by atoms with Crippen LogP contribution in [0.1, 0.15) is 5.56 Å². The SMILES string of the molecule is C[NH+](CC(=O)Nc1ccc(F)cc1)Cc1cc2ccccc2nc1Cl. The van der Waals surface area contributed by atoms with Crippen LogP contribution in [0.5, 0.6) is 0 Å². The number of likely N-dealkylation sites (N-methyl/N-ethyl adjacent to an activating group) is 1. The lowest BCUT2D eigenvalue weighted by Gasteiger charge is -2.15. The maximum absolute atomic E-state index is 12.9. The number of hydrogen-bond acceptors (Lipinski definition) is 2. The molecule has 0 saturated heterocycles. The van der Waals surface area contributed by atoms with Crippen molar-refractivity contribution in [3.8, 4) is 0 Å². The summed E-state index contributed by atoms with van der Waals surface area (Å²) >= 11 is 6.27. The standard InChI is InChI=1S/C19H17ClFN3O/c1-24(12-18(25)22-16-8-6-15(21)7-9-16)11-14-10-13-4-2-3-5-17(13)23-19(14)20/h2-10H,11-12H2,1H3,(H,22,25)/p+1. The van der Waals surface area contributed by atoms with Crippen molar-refractivity contribution in [1.82, 2.24) is 4.98 Å². The number of amides is 1. The smallest absolute Gasteiger partial charge is 0.279 e. The predicted octanol–water partition coefficient (Wildman–Crippen LogP) is 2.68. The van der Waals surface area contributed by atoms with E-state index in [1.54, 1.807) is 0 Å². The van der Waals surface area contributed by atoms with Gasteiger partial charge in [-0.3, -0.25) is 4.79 Å². The maximum Gasteiger partial charge on any atom is 0.279 e. The van der Waals surface area contributed by atoms with E-state index in [-0.39, 0.29) is 18.3 Å². The molecule has 0 spiro atoms. The molecule has 1 atom stereocenters. The molecule has 0 aliphatic heterocycles. The highest BCUT2D eigenvalue weighted by Gasteiger charge is 2.14. The van der Waals surface area contributed by atoms with E-state index in [1.165, 1.54) is 24.3 Å². The molecule has 25 heavy (non-hydrogen) atoms. The molecule has 2 N–H and O–H groups in total. The topological polar surface area (TPSA) is 46.4 Å². The fourth-order valence-electron chi connectivity index (χ4n) is 2.66. The van der Waals surface area contributed by atoms with Crippen LogP contribution in [0.25, 0.3) is 10.9 Å². The Morgan fingerprint density at radius 1 is 1.20 bits per heavy atom. The number of pyridine rings is 1. The molecule has 0 radical (unpaired) electrons. The van der Waals surface area contributed by atoms with E-state index in [4.69, 9.17) is 11.6 Å². The summed E-state index contributed by atoms with van der Waals surface area (Å²) in [5, 5.41) is 4.23. The molecule has 0 bridgehead atoms. The molecule has 0 aliphatic carbocycles. The molecule has 128 valence electrons. The largest absolute Gasteiger partial charge is 0.326 e. The van der Waals surface area contributed by atoms with Crippen molar-refractivity contribution in [3.63, 3.8) is 0 Å². The zero-order chi connectivity index (χ0) is 17.8. The monoisotopic (exact) mass is 358 g/mol. The molecule has 1 heterocycles. The first kappa shape index (κ1) is 17.3. The van der Waals surface area contributed by atoms with Crippen LogP contribution >= 0.6 is 11.6 Å². The number of halogens is 2. The number of anilines is 1. The summed E-state index contributed by atoms with van der Waals surface area (Å²) in [7, 11) is 1.91. The van der Waals surface area contributed by atoms with Crippen LogP contribution in [0.4, 0.5) is 10.1 Å². The minimum Gasteiger partial charge on any atom is -0.326 e. The van der Waals surface area contributed by atoms with Crippen molar-refractivity contribution in [1.29, 1.82) is 0 Å². The Bertz CT molecular complexity index is 899. The van der Waals surface area contributed by atoms with Crippen LogP contribution in [0.15, 0.2) is 54.6 Å². The van der Waals surface area contributed by atoms with Gasteiger partial charge in [0.1, 0.15) is 17.5 Å². The van der Waals surface area contributed by atoms with E-state index in [0.717, 1.165) is 21.4 Å². The Morgan fingerprint density at radius 2 is 1.92 bits per heavy atom. The molecule has 3 aromatic rings. The normalized spacial score (nSPS) is 12.1. The summed E-state index contributed by atoms with van der Waals surface area (Å²) < 4.78 is 12.9. The molecule has 4 nitrogen and oxygen atoms in total. The highest BCUT2D eigenvalue weighted by atomic mass is 35.5. The van der Waals surface area contributed by atoms with Crippen molar-refractivity contribution in [3.05, 3.63) is 71.1 Å². The Kier molecular flexibility index (Phi) is 5.26. The van der Waals surface area contributed by atoms with Gasteiger partial charge in [0.15, 0.2) is 6.54 Å². The Morgan fingerprint density at radius 3 is 2.68 bits per heavy atom. The number of rotatable bonds is 5. The summed E-state index contributed by atoms with van der Waals surface area (Å²) in [6, 6.07) is 15.5. The first-order valence-electron chi connectivity index (χ1n) is 7.92. The molecule has 0 fully saturated rings. The minimum absolute atomic E-state index is 0.144. The maximum atomic E-state index is 12.9. The summed E-state index contributed by atoms with van der Waals surface area (Å²) in [5.74, 6) is -0.479. The van der Waals surface area contributed by atoms with E-state index in [2.05, 4.69) is 10.3 Å². The molecule has 1 amide bonds. The van der Waals surface area contributed by atoms with Crippen LogP contribution in [-0.2, 0) is 11.3 Å². The van der Waals surface area contributed by atoms with Gasteiger partial charge in [-0.05, 0) is 36.4 Å². The lowest BCUT2D eigenvalue weighted by molar-refractivity contribution is -0.885. The van der Waals surface area contributed by atoms with Crippen LogP contribution in [0.2, 0.25) is 5.15 Å². The molecule has 6 heteroatoms. The second-order valence-electron chi connectivity index (χ2n) is 6.00. The van der Waals surface area contributed by atoms with E-state index in [0.29, 0.717) is 17.4 Å². The second kappa shape index (κ2) is 7.59. The van der Waals surface area contributed by atoms with Crippen LogP contribution in [-0.4, -0.2) is 24.5 Å². The summed E-state index contributed by atoms with van der Waals surface area (Å²) in [5.41, 5.74) is 2.32. The van der Waals surface area contributed by atoms with Gasteiger partial charge in [0.05, 0.1) is 12.6 Å². The summed E-state index contributed by atoms with van der Waals surface area (Å²) in [6.07, 6.45) is 0. The van der Waals surface area contributed by atoms with Gasteiger partial charge in [-0.15, -0.1) is 0 Å². The van der Waals surface area contributed by atoms with Gasteiger partial charge in [-0.25, -0.2) is 9.37 Å². The number of fused-ring (bicyclic) bond motifs is 1. The van der Waals surface area contributed by atoms with Crippen LogP contribution < -0.4 is 10.2 Å². The highest BCUT2D eigenvalue weighted by molar-refractivity contribution is 6.30. The molecule has 3 rings (SSSR count). The van der Waals surface area contributed by atoms with Gasteiger partial charge in [-0.1, -0.05) is 29.8 Å². The number of benzene rings is 2. The molecule has 1 aromatic heterocycles. The fraction of sp³-hybridized carbons (Fsp3) is 0.158. The van der Waals surface area contributed by atoms with Gasteiger partial charge < -0.3 is 10.2 Å². The molecule has 2 aromatic carbocycles. The number of aromatic nitrogens is 1.